The van der Waals surface area contributed by atoms with E-state index in [1.54, 1.807) is 6.26 Å². The van der Waals surface area contributed by atoms with Crippen LogP contribution in [0.2, 0.25) is 0 Å². The lowest BCUT2D eigenvalue weighted by Gasteiger charge is -2.24. The number of hydrogen-bond acceptors (Lipinski definition) is 1. The molecule has 0 saturated heterocycles. The van der Waals surface area contributed by atoms with Crippen LogP contribution in [-0.2, 0) is 0 Å². The molecule has 1 heterocycles. The monoisotopic (exact) mass is 196 g/mol. The summed E-state index contributed by atoms with van der Waals surface area (Å²) >= 11 is 0. The van der Waals surface area contributed by atoms with Gasteiger partial charge >= 0.3 is 0 Å². The van der Waals surface area contributed by atoms with E-state index in [4.69, 9.17) is 4.42 Å². The minimum Gasteiger partial charge on any atom is -0.469 e. The van der Waals surface area contributed by atoms with E-state index < -0.39 is 0 Å². The van der Waals surface area contributed by atoms with Crippen molar-refractivity contribution in [3.8, 4) is 0 Å². The van der Waals surface area contributed by atoms with Gasteiger partial charge in [0, 0.05) is 5.92 Å². The van der Waals surface area contributed by atoms with Crippen LogP contribution in [0, 0.1) is 0 Å². The fraction of sp³-hybridized carbons (Fsp3) is 0.667. The molecule has 1 unspecified atom stereocenters. The molecule has 1 aromatic rings. The van der Waals surface area contributed by atoms with E-state index in [2.05, 4.69) is 34.1 Å². The molecule has 1 atom stereocenters. The Bertz CT molecular complexity index is 246. The third-order valence-corrected chi connectivity index (χ3v) is 2.49. The maximum absolute atomic E-state index is 5.37. The van der Waals surface area contributed by atoms with Crippen molar-refractivity contribution < 1.29 is 8.90 Å². The second kappa shape index (κ2) is 4.65. The maximum Gasteiger partial charge on any atom is 0.106 e. The van der Waals surface area contributed by atoms with Crippen LogP contribution in [0.3, 0.4) is 0 Å². The molecule has 0 fully saturated rings. The van der Waals surface area contributed by atoms with Gasteiger partial charge < -0.3 is 8.90 Å². The molecular formula is C12H22NO+. The molecule has 0 amide bonds. The second-order valence-electron chi connectivity index (χ2n) is 5.07. The number of nitrogens with zero attached hydrogens (tertiary/aromatic N) is 1. The molecule has 0 saturated carbocycles. The summed E-state index contributed by atoms with van der Waals surface area (Å²) in [7, 11) is 6.70. The molecule has 0 aliphatic carbocycles. The quantitative estimate of drug-likeness (QED) is 0.660. The molecule has 80 valence electrons. The first-order valence-corrected chi connectivity index (χ1v) is 5.33. The van der Waals surface area contributed by atoms with E-state index in [0.717, 1.165) is 10.2 Å². The lowest BCUT2D eigenvalue weighted by molar-refractivity contribution is -0.870. The summed E-state index contributed by atoms with van der Waals surface area (Å²) < 4.78 is 6.42. The van der Waals surface area contributed by atoms with Crippen LogP contribution < -0.4 is 0 Å². The second-order valence-corrected chi connectivity index (χ2v) is 5.07. The van der Waals surface area contributed by atoms with Crippen LogP contribution in [0.1, 0.15) is 31.4 Å². The molecule has 2 nitrogen and oxygen atoms in total. The molecule has 0 N–H and O–H groups in total. The fourth-order valence-corrected chi connectivity index (χ4v) is 1.59. The van der Waals surface area contributed by atoms with Crippen LogP contribution in [0.15, 0.2) is 22.8 Å². The van der Waals surface area contributed by atoms with Gasteiger partial charge in [-0.2, -0.15) is 0 Å². The van der Waals surface area contributed by atoms with Gasteiger partial charge in [0.05, 0.1) is 34.0 Å². The predicted octanol–water partition coefficient (Wildman–Crippen LogP) is 2.87. The molecule has 2 heteroatoms. The Morgan fingerprint density at radius 3 is 2.57 bits per heavy atom. The number of furan rings is 1. The Kier molecular flexibility index (Phi) is 3.76. The third-order valence-electron chi connectivity index (χ3n) is 2.49. The van der Waals surface area contributed by atoms with Crippen LogP contribution >= 0.6 is 0 Å². The lowest BCUT2D eigenvalue weighted by Crippen LogP contribution is -2.35. The highest BCUT2D eigenvalue weighted by molar-refractivity contribution is 5.03. The molecule has 1 rings (SSSR count). The smallest absolute Gasteiger partial charge is 0.106 e. The zero-order chi connectivity index (χ0) is 10.6. The minimum atomic E-state index is 0.552. The molecule has 0 aliphatic heterocycles. The molecule has 0 aliphatic rings. The molecule has 0 radical (unpaired) electrons. The Labute approximate surface area is 87.1 Å². The van der Waals surface area contributed by atoms with Gasteiger partial charge in [-0.3, -0.25) is 0 Å². The minimum absolute atomic E-state index is 0.552. The van der Waals surface area contributed by atoms with Crippen LogP contribution in [0.5, 0.6) is 0 Å². The SMILES string of the molecule is CC(CCC[N+](C)(C)C)c1ccco1. The molecule has 0 spiro atoms. The average Bonchev–Trinajstić information content (AvgIpc) is 2.53. The van der Waals surface area contributed by atoms with Gasteiger partial charge in [0.15, 0.2) is 0 Å². The van der Waals surface area contributed by atoms with Crippen LogP contribution in [0.4, 0.5) is 0 Å². The fourth-order valence-electron chi connectivity index (χ4n) is 1.59. The van der Waals surface area contributed by atoms with Crippen molar-refractivity contribution in [1.82, 2.24) is 0 Å². The van der Waals surface area contributed by atoms with E-state index >= 15 is 0 Å². The zero-order valence-corrected chi connectivity index (χ0v) is 9.79. The van der Waals surface area contributed by atoms with Gasteiger partial charge in [0.1, 0.15) is 5.76 Å². The van der Waals surface area contributed by atoms with Crippen molar-refractivity contribution in [3.63, 3.8) is 0 Å². The number of rotatable bonds is 5. The first-order chi connectivity index (χ1) is 6.49. The predicted molar refractivity (Wildman–Crippen MR) is 59.3 cm³/mol. The van der Waals surface area contributed by atoms with Crippen LogP contribution in [0.25, 0.3) is 0 Å². The topological polar surface area (TPSA) is 13.1 Å². The van der Waals surface area contributed by atoms with Gasteiger partial charge in [-0.1, -0.05) is 6.92 Å². The molecule has 0 bridgehead atoms. The highest BCUT2D eigenvalue weighted by Gasteiger charge is 2.11. The number of hydrogen-bond donors (Lipinski definition) is 0. The summed E-state index contributed by atoms with van der Waals surface area (Å²) in [6, 6.07) is 4.03. The highest BCUT2D eigenvalue weighted by Crippen LogP contribution is 2.20. The summed E-state index contributed by atoms with van der Waals surface area (Å²) in [6.07, 6.45) is 4.22. The summed E-state index contributed by atoms with van der Waals surface area (Å²) in [4.78, 5) is 0. The molecular weight excluding hydrogens is 174 g/mol. The highest BCUT2D eigenvalue weighted by atomic mass is 16.3. The molecule has 1 aromatic heterocycles. The van der Waals surface area contributed by atoms with Crippen molar-refractivity contribution in [2.45, 2.75) is 25.7 Å². The van der Waals surface area contributed by atoms with E-state index in [1.807, 2.05) is 6.07 Å². The summed E-state index contributed by atoms with van der Waals surface area (Å²) in [6.45, 7) is 3.46. The van der Waals surface area contributed by atoms with E-state index in [9.17, 15) is 0 Å². The lowest BCUT2D eigenvalue weighted by atomic mass is 10.0. The Balaban J connectivity index is 2.26. The first-order valence-electron chi connectivity index (χ1n) is 5.33. The molecule has 0 aromatic carbocycles. The van der Waals surface area contributed by atoms with Crippen molar-refractivity contribution >= 4 is 0 Å². The summed E-state index contributed by atoms with van der Waals surface area (Å²) in [5.41, 5.74) is 0. The average molecular weight is 196 g/mol. The van der Waals surface area contributed by atoms with Crippen LogP contribution in [-0.4, -0.2) is 32.2 Å². The van der Waals surface area contributed by atoms with Crippen molar-refractivity contribution in [3.05, 3.63) is 24.2 Å². The number of quaternary nitrogens is 1. The Morgan fingerprint density at radius 1 is 1.36 bits per heavy atom. The molecule has 14 heavy (non-hydrogen) atoms. The Morgan fingerprint density at radius 2 is 2.07 bits per heavy atom. The van der Waals surface area contributed by atoms with Crippen molar-refractivity contribution in [1.29, 1.82) is 0 Å². The largest absolute Gasteiger partial charge is 0.469 e. The Hall–Kier alpha value is -0.760. The van der Waals surface area contributed by atoms with Crippen molar-refractivity contribution in [2.75, 3.05) is 27.7 Å². The standard InChI is InChI=1S/C12H22NO/c1-11(12-8-6-10-14-12)7-5-9-13(2,3)4/h6,8,10-11H,5,7,9H2,1-4H3/q+1. The van der Waals surface area contributed by atoms with E-state index in [-0.39, 0.29) is 0 Å². The van der Waals surface area contributed by atoms with Crippen molar-refractivity contribution in [2.24, 2.45) is 0 Å². The zero-order valence-electron chi connectivity index (χ0n) is 9.79. The van der Waals surface area contributed by atoms with Gasteiger partial charge in [-0.25, -0.2) is 0 Å². The van der Waals surface area contributed by atoms with E-state index in [0.29, 0.717) is 5.92 Å². The maximum atomic E-state index is 5.37. The van der Waals surface area contributed by atoms with Gasteiger partial charge in [0.25, 0.3) is 0 Å². The van der Waals surface area contributed by atoms with Gasteiger partial charge in [-0.05, 0) is 25.0 Å². The van der Waals surface area contributed by atoms with Gasteiger partial charge in [-0.15, -0.1) is 0 Å². The summed E-state index contributed by atoms with van der Waals surface area (Å²) in [5.74, 6) is 1.67. The van der Waals surface area contributed by atoms with E-state index in [1.165, 1.54) is 19.4 Å². The first kappa shape index (κ1) is 11.3. The van der Waals surface area contributed by atoms with Gasteiger partial charge in [0.2, 0.25) is 0 Å². The third kappa shape index (κ3) is 3.97. The summed E-state index contributed by atoms with van der Waals surface area (Å²) in [5, 5.41) is 0. The normalized spacial score (nSPS) is 14.3.